The largest absolute Gasteiger partial charge is 0.497 e. The molecular weight excluding hydrogens is 309 g/mol. The van der Waals surface area contributed by atoms with Gasteiger partial charge in [0.05, 0.1) is 13.2 Å². The lowest BCUT2D eigenvalue weighted by atomic mass is 9.97. The Kier molecular flexibility index (Phi) is 5.25. The summed E-state index contributed by atoms with van der Waals surface area (Å²) in [6, 6.07) is 6.08. The number of hydrogen-bond donors (Lipinski definition) is 0. The predicted molar refractivity (Wildman–Crippen MR) is 88.9 cm³/mol. The molecule has 0 spiro atoms. The third-order valence-electron chi connectivity index (χ3n) is 4.22. The smallest absolute Gasteiger partial charge is 0.247 e. The van der Waals surface area contributed by atoms with Crippen LogP contribution in [0.2, 0.25) is 0 Å². The molecule has 3 rings (SSSR count). The van der Waals surface area contributed by atoms with Gasteiger partial charge in [-0.15, -0.1) is 10.2 Å². The monoisotopic (exact) mass is 331 g/mol. The fourth-order valence-corrected chi connectivity index (χ4v) is 2.95. The Bertz CT molecular complexity index is 676. The topological polar surface area (TPSA) is 51.4 Å². The minimum atomic E-state index is -0.278. The Hall–Kier alpha value is -2.21. The number of hydrogen-bond acceptors (Lipinski definition) is 5. The van der Waals surface area contributed by atoms with E-state index in [0.717, 1.165) is 43.8 Å². The first kappa shape index (κ1) is 16.6. The van der Waals surface area contributed by atoms with E-state index < -0.39 is 0 Å². The molecule has 0 atom stereocenters. The minimum Gasteiger partial charge on any atom is -0.497 e. The SMILES string of the molecule is C=C(CN1CCC(c2nnc(-c3ccc(F)cc3)o2)CC1)OCC. The second-order valence-electron chi connectivity index (χ2n) is 5.97. The molecule has 0 saturated carbocycles. The quantitative estimate of drug-likeness (QED) is 0.757. The third kappa shape index (κ3) is 4.00. The fourth-order valence-electron chi connectivity index (χ4n) is 2.95. The highest BCUT2D eigenvalue weighted by atomic mass is 19.1. The molecule has 2 aromatic rings. The van der Waals surface area contributed by atoms with Gasteiger partial charge in [-0.1, -0.05) is 6.58 Å². The van der Waals surface area contributed by atoms with E-state index >= 15 is 0 Å². The molecule has 1 fully saturated rings. The van der Waals surface area contributed by atoms with Crippen molar-refractivity contribution in [2.45, 2.75) is 25.7 Å². The number of rotatable bonds is 6. The second-order valence-corrected chi connectivity index (χ2v) is 5.97. The molecule has 1 saturated heterocycles. The van der Waals surface area contributed by atoms with Crippen molar-refractivity contribution in [2.75, 3.05) is 26.2 Å². The van der Waals surface area contributed by atoms with E-state index in [0.29, 0.717) is 18.4 Å². The summed E-state index contributed by atoms with van der Waals surface area (Å²) in [6.45, 7) is 9.22. The number of halogens is 1. The Balaban J connectivity index is 1.57. The minimum absolute atomic E-state index is 0.267. The van der Waals surface area contributed by atoms with Crippen molar-refractivity contribution >= 4 is 0 Å². The van der Waals surface area contributed by atoms with E-state index in [-0.39, 0.29) is 11.7 Å². The average Bonchev–Trinajstić information content (AvgIpc) is 3.06. The highest BCUT2D eigenvalue weighted by Crippen LogP contribution is 2.29. The van der Waals surface area contributed by atoms with Crippen molar-refractivity contribution < 1.29 is 13.5 Å². The van der Waals surface area contributed by atoms with Gasteiger partial charge >= 0.3 is 0 Å². The third-order valence-corrected chi connectivity index (χ3v) is 4.22. The summed E-state index contributed by atoms with van der Waals surface area (Å²) in [5, 5.41) is 8.28. The fraction of sp³-hybridized carbons (Fsp3) is 0.444. The van der Waals surface area contributed by atoms with Gasteiger partial charge in [-0.2, -0.15) is 0 Å². The number of ether oxygens (including phenoxy) is 1. The Morgan fingerprint density at radius 1 is 1.29 bits per heavy atom. The first-order chi connectivity index (χ1) is 11.7. The van der Waals surface area contributed by atoms with E-state index in [1.54, 1.807) is 12.1 Å². The summed E-state index contributed by atoms with van der Waals surface area (Å²) in [6.07, 6.45) is 1.93. The maximum absolute atomic E-state index is 13.0. The van der Waals surface area contributed by atoms with E-state index in [9.17, 15) is 4.39 Å². The molecule has 5 nitrogen and oxygen atoms in total. The van der Waals surface area contributed by atoms with Gasteiger partial charge in [-0.25, -0.2) is 4.39 Å². The Morgan fingerprint density at radius 2 is 2.00 bits per heavy atom. The van der Waals surface area contributed by atoms with Crippen LogP contribution in [-0.2, 0) is 4.74 Å². The van der Waals surface area contributed by atoms with Crippen molar-refractivity contribution in [1.82, 2.24) is 15.1 Å². The summed E-state index contributed by atoms with van der Waals surface area (Å²) < 4.78 is 24.2. The van der Waals surface area contributed by atoms with Crippen molar-refractivity contribution in [3.05, 3.63) is 48.3 Å². The molecule has 0 N–H and O–H groups in total. The molecule has 1 aromatic carbocycles. The summed E-state index contributed by atoms with van der Waals surface area (Å²) in [5.41, 5.74) is 0.737. The van der Waals surface area contributed by atoms with Gasteiger partial charge in [-0.05, 0) is 57.1 Å². The van der Waals surface area contributed by atoms with E-state index in [4.69, 9.17) is 9.15 Å². The van der Waals surface area contributed by atoms with Gasteiger partial charge in [-0.3, -0.25) is 4.90 Å². The van der Waals surface area contributed by atoms with Crippen molar-refractivity contribution in [3.8, 4) is 11.5 Å². The summed E-state index contributed by atoms with van der Waals surface area (Å²) in [4.78, 5) is 2.33. The first-order valence-corrected chi connectivity index (χ1v) is 8.28. The molecular formula is C18H22FN3O2. The van der Waals surface area contributed by atoms with Crippen LogP contribution in [0.25, 0.3) is 11.5 Å². The molecule has 0 unspecified atom stereocenters. The highest BCUT2D eigenvalue weighted by Gasteiger charge is 2.25. The van der Waals surface area contributed by atoms with E-state index in [1.165, 1.54) is 12.1 Å². The zero-order valence-corrected chi connectivity index (χ0v) is 13.9. The molecule has 24 heavy (non-hydrogen) atoms. The van der Waals surface area contributed by atoms with Crippen LogP contribution in [0.3, 0.4) is 0 Å². The molecule has 128 valence electrons. The molecule has 6 heteroatoms. The molecule has 1 aromatic heterocycles. The maximum Gasteiger partial charge on any atom is 0.247 e. The van der Waals surface area contributed by atoms with Crippen LogP contribution in [0.4, 0.5) is 4.39 Å². The standard InChI is InChI=1S/C18H22FN3O2/c1-3-23-13(2)12-22-10-8-15(9-11-22)18-21-20-17(24-18)14-4-6-16(19)7-5-14/h4-7,15H,2-3,8-12H2,1H3. The summed E-state index contributed by atoms with van der Waals surface area (Å²) in [7, 11) is 0. The van der Waals surface area contributed by atoms with Gasteiger partial charge < -0.3 is 9.15 Å². The Morgan fingerprint density at radius 3 is 2.67 bits per heavy atom. The van der Waals surface area contributed by atoms with Crippen LogP contribution in [0.5, 0.6) is 0 Å². The highest BCUT2D eigenvalue weighted by molar-refractivity contribution is 5.52. The lowest BCUT2D eigenvalue weighted by Crippen LogP contribution is -2.34. The van der Waals surface area contributed by atoms with Crippen LogP contribution in [-0.4, -0.2) is 41.3 Å². The van der Waals surface area contributed by atoms with Crippen molar-refractivity contribution in [1.29, 1.82) is 0 Å². The average molecular weight is 331 g/mol. The Labute approximate surface area is 141 Å². The molecule has 1 aliphatic heterocycles. The van der Waals surface area contributed by atoms with Crippen molar-refractivity contribution in [3.63, 3.8) is 0 Å². The van der Waals surface area contributed by atoms with E-state index in [1.807, 2.05) is 6.92 Å². The number of piperidine rings is 1. The molecule has 2 heterocycles. The number of aromatic nitrogens is 2. The summed E-state index contributed by atoms with van der Waals surface area (Å²) >= 11 is 0. The molecule has 0 radical (unpaired) electrons. The molecule has 0 aliphatic carbocycles. The summed E-state index contributed by atoms with van der Waals surface area (Å²) in [5.74, 6) is 1.91. The maximum atomic E-state index is 13.0. The molecule has 1 aliphatic rings. The van der Waals surface area contributed by atoms with Gasteiger partial charge in [0.15, 0.2) is 0 Å². The predicted octanol–water partition coefficient (Wildman–Crippen LogP) is 3.61. The lowest BCUT2D eigenvalue weighted by molar-refractivity contribution is 0.156. The van der Waals surface area contributed by atoms with E-state index in [2.05, 4.69) is 21.7 Å². The van der Waals surface area contributed by atoms with Gasteiger partial charge in [0.2, 0.25) is 11.8 Å². The van der Waals surface area contributed by atoms with Crippen LogP contribution in [0.15, 0.2) is 41.0 Å². The van der Waals surface area contributed by atoms with Crippen LogP contribution < -0.4 is 0 Å². The molecule has 0 bridgehead atoms. The molecule has 0 amide bonds. The second kappa shape index (κ2) is 7.57. The van der Waals surface area contributed by atoms with Gasteiger partial charge in [0.1, 0.15) is 11.6 Å². The zero-order chi connectivity index (χ0) is 16.9. The van der Waals surface area contributed by atoms with Gasteiger partial charge in [0, 0.05) is 11.5 Å². The number of likely N-dealkylation sites (tertiary alicyclic amines) is 1. The van der Waals surface area contributed by atoms with Crippen LogP contribution >= 0.6 is 0 Å². The zero-order valence-electron chi connectivity index (χ0n) is 13.9. The van der Waals surface area contributed by atoms with Crippen molar-refractivity contribution in [2.24, 2.45) is 0 Å². The normalized spacial score (nSPS) is 16.2. The lowest BCUT2D eigenvalue weighted by Gasteiger charge is -2.30. The van der Waals surface area contributed by atoms with Crippen LogP contribution in [0.1, 0.15) is 31.6 Å². The van der Waals surface area contributed by atoms with Gasteiger partial charge in [0.25, 0.3) is 0 Å². The number of nitrogens with zero attached hydrogens (tertiary/aromatic N) is 3. The first-order valence-electron chi connectivity index (χ1n) is 8.28. The van der Waals surface area contributed by atoms with Crippen LogP contribution in [0, 0.1) is 5.82 Å². The number of benzene rings is 1.